The van der Waals surface area contributed by atoms with Gasteiger partial charge in [0.15, 0.2) is 0 Å². The number of sulfonamides is 1. The Hall–Kier alpha value is -1.60. The lowest BCUT2D eigenvalue weighted by Gasteiger charge is -2.32. The van der Waals surface area contributed by atoms with Crippen LogP contribution in [0.4, 0.5) is 5.69 Å². The third kappa shape index (κ3) is 3.95. The quantitative estimate of drug-likeness (QED) is 0.913. The van der Waals surface area contributed by atoms with Crippen molar-refractivity contribution < 1.29 is 17.9 Å². The van der Waals surface area contributed by atoms with Gasteiger partial charge in [0.25, 0.3) is 0 Å². The van der Waals surface area contributed by atoms with E-state index in [4.69, 9.17) is 4.74 Å². The molecule has 6 nitrogen and oxygen atoms in total. The molecule has 0 aliphatic carbocycles. The van der Waals surface area contributed by atoms with Crippen LogP contribution in [-0.4, -0.2) is 44.6 Å². The van der Waals surface area contributed by atoms with Crippen LogP contribution in [0.1, 0.15) is 19.3 Å². The highest BCUT2D eigenvalue weighted by Gasteiger charge is 2.34. The summed E-state index contributed by atoms with van der Waals surface area (Å²) < 4.78 is 29.9. The van der Waals surface area contributed by atoms with E-state index in [0.29, 0.717) is 24.4 Å². The topological polar surface area (TPSA) is 75.7 Å². The number of methoxy groups -OCH3 is 1. The predicted molar refractivity (Wildman–Crippen MR) is 80.8 cm³/mol. The molecule has 7 heteroatoms. The van der Waals surface area contributed by atoms with Gasteiger partial charge in [-0.05, 0) is 25.0 Å². The van der Waals surface area contributed by atoms with Crippen LogP contribution < -0.4 is 10.1 Å². The Morgan fingerprint density at radius 2 is 2.14 bits per heavy atom. The van der Waals surface area contributed by atoms with Gasteiger partial charge in [-0.25, -0.2) is 8.42 Å². The van der Waals surface area contributed by atoms with Crippen molar-refractivity contribution in [2.24, 2.45) is 0 Å². The van der Waals surface area contributed by atoms with Crippen molar-refractivity contribution >= 4 is 21.6 Å². The normalized spacial score (nSPS) is 20.0. The number of nitrogens with one attached hydrogen (secondary N) is 1. The molecule has 2 rings (SSSR count). The van der Waals surface area contributed by atoms with Gasteiger partial charge in [0.2, 0.25) is 15.9 Å². The second-order valence-electron chi connectivity index (χ2n) is 5.11. The Morgan fingerprint density at radius 3 is 2.81 bits per heavy atom. The number of carbonyl (C=O) groups excluding carboxylic acids is 1. The van der Waals surface area contributed by atoms with E-state index >= 15 is 0 Å². The maximum absolute atomic E-state index is 12.4. The molecule has 1 aromatic carbocycles. The maximum Gasteiger partial charge on any atom is 0.242 e. The first-order valence-corrected chi connectivity index (χ1v) is 8.68. The number of piperidine rings is 1. The van der Waals surface area contributed by atoms with Gasteiger partial charge < -0.3 is 10.1 Å². The van der Waals surface area contributed by atoms with Crippen molar-refractivity contribution in [2.75, 3.05) is 25.2 Å². The summed E-state index contributed by atoms with van der Waals surface area (Å²) >= 11 is 0. The molecule has 1 aromatic rings. The number of ether oxygens (including phenoxy) is 1. The molecule has 0 saturated carbocycles. The number of rotatable bonds is 4. The van der Waals surface area contributed by atoms with E-state index in [-0.39, 0.29) is 5.91 Å². The summed E-state index contributed by atoms with van der Waals surface area (Å²) in [6.45, 7) is 0.398. The number of anilines is 1. The fourth-order valence-corrected chi connectivity index (χ4v) is 3.61. The summed E-state index contributed by atoms with van der Waals surface area (Å²) in [5, 5.41) is 2.76. The van der Waals surface area contributed by atoms with E-state index < -0.39 is 16.1 Å². The number of hydrogen-bond donors (Lipinski definition) is 1. The largest absolute Gasteiger partial charge is 0.497 e. The monoisotopic (exact) mass is 312 g/mol. The van der Waals surface area contributed by atoms with Gasteiger partial charge in [-0.2, -0.15) is 4.31 Å². The van der Waals surface area contributed by atoms with Crippen LogP contribution in [0.5, 0.6) is 5.75 Å². The summed E-state index contributed by atoms with van der Waals surface area (Å²) in [4.78, 5) is 12.4. The third-order valence-electron chi connectivity index (χ3n) is 3.52. The highest BCUT2D eigenvalue weighted by atomic mass is 32.2. The first-order valence-electron chi connectivity index (χ1n) is 6.83. The fourth-order valence-electron chi connectivity index (χ4n) is 2.49. The van der Waals surface area contributed by atoms with E-state index in [1.165, 1.54) is 4.31 Å². The molecule has 116 valence electrons. The van der Waals surface area contributed by atoms with Crippen LogP contribution in [0.25, 0.3) is 0 Å². The first-order chi connectivity index (χ1) is 9.91. The number of carbonyl (C=O) groups is 1. The fraction of sp³-hybridized carbons (Fsp3) is 0.500. The molecule has 1 heterocycles. The van der Waals surface area contributed by atoms with Gasteiger partial charge in [-0.1, -0.05) is 12.5 Å². The van der Waals surface area contributed by atoms with Crippen LogP contribution in [0.3, 0.4) is 0 Å². The van der Waals surface area contributed by atoms with Gasteiger partial charge >= 0.3 is 0 Å². The van der Waals surface area contributed by atoms with E-state index in [1.54, 1.807) is 31.4 Å². The molecule has 21 heavy (non-hydrogen) atoms. The van der Waals surface area contributed by atoms with Crippen LogP contribution in [0.2, 0.25) is 0 Å². The number of amides is 1. The van der Waals surface area contributed by atoms with Crippen LogP contribution in [0.15, 0.2) is 24.3 Å². The molecule has 1 fully saturated rings. The Morgan fingerprint density at radius 1 is 1.38 bits per heavy atom. The Labute approximate surface area is 125 Å². The lowest BCUT2D eigenvalue weighted by atomic mass is 10.0. The van der Waals surface area contributed by atoms with Gasteiger partial charge in [-0.15, -0.1) is 0 Å². The molecular formula is C14H20N2O4S. The van der Waals surface area contributed by atoms with Crippen molar-refractivity contribution in [3.63, 3.8) is 0 Å². The van der Waals surface area contributed by atoms with Crippen molar-refractivity contribution in [1.82, 2.24) is 4.31 Å². The van der Waals surface area contributed by atoms with Crippen LogP contribution >= 0.6 is 0 Å². The lowest BCUT2D eigenvalue weighted by Crippen LogP contribution is -2.49. The molecule has 1 aliphatic heterocycles. The summed E-state index contributed by atoms with van der Waals surface area (Å²) in [6.07, 6.45) is 3.32. The molecule has 0 radical (unpaired) electrons. The standard InChI is InChI=1S/C14H20N2O4S/c1-20-12-7-5-6-11(10-12)15-14(17)13-8-3-4-9-16(13)21(2,18)19/h5-7,10,13H,3-4,8-9H2,1-2H3,(H,15,17). The zero-order chi connectivity index (χ0) is 15.5. The molecule has 1 amide bonds. The molecule has 1 N–H and O–H groups in total. The third-order valence-corrected chi connectivity index (χ3v) is 4.81. The Bertz CT molecular complexity index is 615. The van der Waals surface area contributed by atoms with Crippen molar-refractivity contribution in [2.45, 2.75) is 25.3 Å². The van der Waals surface area contributed by atoms with Gasteiger partial charge in [0.05, 0.1) is 13.4 Å². The molecule has 0 bridgehead atoms. The van der Waals surface area contributed by atoms with E-state index in [9.17, 15) is 13.2 Å². The van der Waals surface area contributed by atoms with E-state index in [1.807, 2.05) is 0 Å². The van der Waals surface area contributed by atoms with Gasteiger partial charge in [0, 0.05) is 18.3 Å². The minimum absolute atomic E-state index is 0.298. The zero-order valence-electron chi connectivity index (χ0n) is 12.2. The molecule has 1 atom stereocenters. The average molecular weight is 312 g/mol. The number of hydrogen-bond acceptors (Lipinski definition) is 4. The van der Waals surface area contributed by atoms with Gasteiger partial charge in [-0.3, -0.25) is 4.79 Å². The van der Waals surface area contributed by atoms with Crippen molar-refractivity contribution in [1.29, 1.82) is 0 Å². The van der Waals surface area contributed by atoms with Crippen molar-refractivity contribution in [3.8, 4) is 5.75 Å². The second kappa shape index (κ2) is 6.44. The highest BCUT2D eigenvalue weighted by molar-refractivity contribution is 7.88. The minimum Gasteiger partial charge on any atom is -0.497 e. The molecule has 0 spiro atoms. The van der Waals surface area contributed by atoms with E-state index in [0.717, 1.165) is 19.1 Å². The summed E-state index contributed by atoms with van der Waals surface area (Å²) in [5.41, 5.74) is 0.596. The molecule has 1 saturated heterocycles. The number of nitrogens with zero attached hydrogens (tertiary/aromatic N) is 1. The van der Waals surface area contributed by atoms with Crippen molar-refractivity contribution in [3.05, 3.63) is 24.3 Å². The smallest absolute Gasteiger partial charge is 0.242 e. The number of benzene rings is 1. The lowest BCUT2D eigenvalue weighted by molar-refractivity contribution is -0.120. The second-order valence-corrected chi connectivity index (χ2v) is 7.04. The van der Waals surface area contributed by atoms with Crippen LogP contribution in [-0.2, 0) is 14.8 Å². The Balaban J connectivity index is 2.14. The molecule has 1 aliphatic rings. The van der Waals surface area contributed by atoms with E-state index in [2.05, 4.69) is 5.32 Å². The predicted octanol–water partition coefficient (Wildman–Crippen LogP) is 1.45. The molecule has 0 aromatic heterocycles. The Kier molecular flexibility index (Phi) is 4.84. The summed E-state index contributed by atoms with van der Waals surface area (Å²) in [7, 11) is -1.83. The molecule has 1 unspecified atom stereocenters. The van der Waals surface area contributed by atoms with Crippen LogP contribution in [0, 0.1) is 0 Å². The maximum atomic E-state index is 12.4. The highest BCUT2D eigenvalue weighted by Crippen LogP contribution is 2.22. The summed E-state index contributed by atoms with van der Waals surface area (Å²) in [5.74, 6) is 0.338. The average Bonchev–Trinajstić information content (AvgIpc) is 2.46. The minimum atomic E-state index is -3.38. The molecular weight excluding hydrogens is 292 g/mol. The summed E-state index contributed by atoms with van der Waals surface area (Å²) in [6, 6.07) is 6.35. The van der Waals surface area contributed by atoms with Gasteiger partial charge in [0.1, 0.15) is 11.8 Å². The zero-order valence-corrected chi connectivity index (χ0v) is 13.0. The SMILES string of the molecule is COc1cccc(NC(=O)C2CCCCN2S(C)(=O)=O)c1. The first kappa shape index (κ1) is 15.8.